The van der Waals surface area contributed by atoms with Crippen LogP contribution in [0.15, 0.2) is 51.8 Å². The summed E-state index contributed by atoms with van der Waals surface area (Å²) in [6.07, 6.45) is 0.763. The molecule has 20 heavy (non-hydrogen) atoms. The lowest BCUT2D eigenvalue weighted by Crippen LogP contribution is -2.14. The molecule has 2 rings (SSSR count). The van der Waals surface area contributed by atoms with Crippen LogP contribution in [0.25, 0.3) is 0 Å². The quantitative estimate of drug-likeness (QED) is 0.898. The maximum absolute atomic E-state index is 12.4. The van der Waals surface area contributed by atoms with Gasteiger partial charge in [0.15, 0.2) is 0 Å². The summed E-state index contributed by atoms with van der Waals surface area (Å²) >= 11 is 3.36. The third kappa shape index (κ3) is 3.41. The molecule has 0 aromatic heterocycles. The van der Waals surface area contributed by atoms with Crippen molar-refractivity contribution in [1.29, 1.82) is 0 Å². The summed E-state index contributed by atoms with van der Waals surface area (Å²) in [5.74, 6) is 0. The molecule has 3 nitrogen and oxygen atoms in total. The molecule has 0 aliphatic heterocycles. The van der Waals surface area contributed by atoms with E-state index in [1.165, 1.54) is 0 Å². The lowest BCUT2D eigenvalue weighted by Gasteiger charge is -2.12. The number of hydrogen-bond acceptors (Lipinski definition) is 2. The van der Waals surface area contributed by atoms with E-state index in [0.29, 0.717) is 5.69 Å². The SMILES string of the molecule is CCc1ccc(Br)cc1NS(=O)(=O)c1ccc(C)cc1. The normalized spacial score (nSPS) is 11.3. The molecular weight excluding hydrogens is 338 g/mol. The Morgan fingerprint density at radius 1 is 1.10 bits per heavy atom. The zero-order valence-corrected chi connectivity index (χ0v) is 13.8. The summed E-state index contributed by atoms with van der Waals surface area (Å²) in [7, 11) is -3.55. The molecule has 0 fully saturated rings. The second-order valence-corrected chi connectivity index (χ2v) is 7.17. The van der Waals surface area contributed by atoms with Crippen LogP contribution in [0, 0.1) is 6.92 Å². The van der Waals surface area contributed by atoms with Crippen molar-refractivity contribution in [3.8, 4) is 0 Å². The fourth-order valence-electron chi connectivity index (χ4n) is 1.87. The van der Waals surface area contributed by atoms with Gasteiger partial charge < -0.3 is 0 Å². The highest BCUT2D eigenvalue weighted by Gasteiger charge is 2.15. The van der Waals surface area contributed by atoms with Crippen molar-refractivity contribution in [2.45, 2.75) is 25.2 Å². The molecule has 5 heteroatoms. The van der Waals surface area contributed by atoms with Gasteiger partial charge in [-0.2, -0.15) is 0 Å². The fourth-order valence-corrected chi connectivity index (χ4v) is 3.33. The Balaban J connectivity index is 2.37. The molecule has 2 aromatic rings. The average Bonchev–Trinajstić information content (AvgIpc) is 2.39. The monoisotopic (exact) mass is 353 g/mol. The summed E-state index contributed by atoms with van der Waals surface area (Å²) in [5, 5.41) is 0. The number of anilines is 1. The van der Waals surface area contributed by atoms with Crippen molar-refractivity contribution in [1.82, 2.24) is 0 Å². The molecule has 0 aliphatic carbocycles. The number of sulfonamides is 1. The third-order valence-electron chi connectivity index (χ3n) is 3.03. The van der Waals surface area contributed by atoms with Crippen molar-refractivity contribution in [2.24, 2.45) is 0 Å². The Hall–Kier alpha value is -1.33. The zero-order valence-electron chi connectivity index (χ0n) is 11.4. The number of hydrogen-bond donors (Lipinski definition) is 1. The van der Waals surface area contributed by atoms with Gasteiger partial charge in [0, 0.05) is 4.47 Å². The topological polar surface area (TPSA) is 46.2 Å². The molecular formula is C15H16BrNO2S. The van der Waals surface area contributed by atoms with E-state index in [9.17, 15) is 8.42 Å². The number of nitrogens with one attached hydrogen (secondary N) is 1. The number of rotatable bonds is 4. The minimum atomic E-state index is -3.55. The molecule has 0 atom stereocenters. The summed E-state index contributed by atoms with van der Waals surface area (Å²) in [6, 6.07) is 12.4. The van der Waals surface area contributed by atoms with Gasteiger partial charge in [0.25, 0.3) is 10.0 Å². The van der Waals surface area contributed by atoms with Crippen LogP contribution in [-0.2, 0) is 16.4 Å². The molecule has 106 valence electrons. The van der Waals surface area contributed by atoms with Crippen molar-refractivity contribution in [3.63, 3.8) is 0 Å². The zero-order chi connectivity index (χ0) is 14.8. The Bertz CT molecular complexity index is 709. The van der Waals surface area contributed by atoms with Crippen molar-refractivity contribution >= 4 is 31.6 Å². The van der Waals surface area contributed by atoms with Crippen LogP contribution in [0.3, 0.4) is 0 Å². The van der Waals surface area contributed by atoms with Crippen LogP contribution in [0.5, 0.6) is 0 Å². The van der Waals surface area contributed by atoms with E-state index < -0.39 is 10.0 Å². The van der Waals surface area contributed by atoms with Crippen LogP contribution < -0.4 is 4.72 Å². The van der Waals surface area contributed by atoms with E-state index in [1.54, 1.807) is 30.3 Å². The maximum atomic E-state index is 12.4. The Labute approximate surface area is 128 Å². The first-order valence-corrected chi connectivity index (χ1v) is 8.58. The molecule has 2 aromatic carbocycles. The lowest BCUT2D eigenvalue weighted by molar-refractivity contribution is 0.601. The highest BCUT2D eigenvalue weighted by molar-refractivity contribution is 9.10. The molecule has 0 saturated heterocycles. The lowest BCUT2D eigenvalue weighted by atomic mass is 10.1. The molecule has 0 radical (unpaired) electrons. The molecule has 0 spiro atoms. The van der Waals surface area contributed by atoms with E-state index in [4.69, 9.17) is 0 Å². The number of halogens is 1. The van der Waals surface area contributed by atoms with Crippen molar-refractivity contribution in [2.75, 3.05) is 4.72 Å². The smallest absolute Gasteiger partial charge is 0.261 e. The molecule has 0 saturated carbocycles. The first-order valence-electron chi connectivity index (χ1n) is 6.30. The Morgan fingerprint density at radius 2 is 1.75 bits per heavy atom. The first kappa shape index (κ1) is 15.1. The summed E-state index contributed by atoms with van der Waals surface area (Å²) in [6.45, 7) is 3.92. The van der Waals surface area contributed by atoms with Crippen molar-refractivity contribution in [3.05, 3.63) is 58.1 Å². The first-order chi connectivity index (χ1) is 9.42. The second-order valence-electron chi connectivity index (χ2n) is 4.57. The molecule has 0 amide bonds. The summed E-state index contributed by atoms with van der Waals surface area (Å²) in [5.41, 5.74) is 2.60. The maximum Gasteiger partial charge on any atom is 0.261 e. The summed E-state index contributed by atoms with van der Waals surface area (Å²) < 4.78 is 28.2. The molecule has 0 unspecified atom stereocenters. The average molecular weight is 354 g/mol. The van der Waals surface area contributed by atoms with E-state index >= 15 is 0 Å². The number of aryl methyl sites for hydroxylation is 2. The van der Waals surface area contributed by atoms with Gasteiger partial charge in [-0.1, -0.05) is 46.6 Å². The summed E-state index contributed by atoms with van der Waals surface area (Å²) in [4.78, 5) is 0.269. The van der Waals surface area contributed by atoms with Gasteiger partial charge >= 0.3 is 0 Å². The fraction of sp³-hybridized carbons (Fsp3) is 0.200. The van der Waals surface area contributed by atoms with Crippen LogP contribution in [0.4, 0.5) is 5.69 Å². The largest absolute Gasteiger partial charge is 0.279 e. The van der Waals surface area contributed by atoms with Crippen LogP contribution in [0.1, 0.15) is 18.1 Å². The van der Waals surface area contributed by atoms with Gasteiger partial charge in [0.1, 0.15) is 0 Å². The molecule has 0 aliphatic rings. The van der Waals surface area contributed by atoms with Gasteiger partial charge in [-0.25, -0.2) is 8.42 Å². The molecule has 0 bridgehead atoms. The highest BCUT2D eigenvalue weighted by atomic mass is 79.9. The van der Waals surface area contributed by atoms with Gasteiger partial charge in [-0.3, -0.25) is 4.72 Å². The van der Waals surface area contributed by atoms with E-state index in [1.807, 2.05) is 26.0 Å². The Morgan fingerprint density at radius 3 is 2.35 bits per heavy atom. The molecule has 0 heterocycles. The number of benzene rings is 2. The minimum absolute atomic E-state index is 0.269. The Kier molecular flexibility index (Phi) is 4.50. The van der Waals surface area contributed by atoms with E-state index in [-0.39, 0.29) is 4.90 Å². The van der Waals surface area contributed by atoms with Crippen LogP contribution in [0.2, 0.25) is 0 Å². The van der Waals surface area contributed by atoms with Crippen molar-refractivity contribution < 1.29 is 8.42 Å². The predicted octanol–water partition coefficient (Wildman–Crippen LogP) is 4.12. The van der Waals surface area contributed by atoms with Crippen LogP contribution >= 0.6 is 15.9 Å². The van der Waals surface area contributed by atoms with Gasteiger partial charge in [0.05, 0.1) is 10.6 Å². The van der Waals surface area contributed by atoms with E-state index in [0.717, 1.165) is 22.0 Å². The minimum Gasteiger partial charge on any atom is -0.279 e. The van der Waals surface area contributed by atoms with Gasteiger partial charge in [-0.15, -0.1) is 0 Å². The van der Waals surface area contributed by atoms with E-state index in [2.05, 4.69) is 20.7 Å². The second kappa shape index (κ2) is 5.97. The van der Waals surface area contributed by atoms with Gasteiger partial charge in [0.2, 0.25) is 0 Å². The molecule has 1 N–H and O–H groups in total. The van der Waals surface area contributed by atoms with Crippen LogP contribution in [-0.4, -0.2) is 8.42 Å². The van der Waals surface area contributed by atoms with Gasteiger partial charge in [-0.05, 0) is 43.2 Å². The highest BCUT2D eigenvalue weighted by Crippen LogP contribution is 2.24. The predicted molar refractivity (Wildman–Crippen MR) is 85.5 cm³/mol. The third-order valence-corrected chi connectivity index (χ3v) is 4.90. The standard InChI is InChI=1S/C15H16BrNO2S/c1-3-12-6-7-13(16)10-15(12)17-20(18,19)14-8-4-11(2)5-9-14/h4-10,17H,3H2,1-2H3.